The Hall–Kier alpha value is -3.95. The number of aromatic nitrogens is 4. The highest BCUT2D eigenvalue weighted by Crippen LogP contribution is 2.30. The monoisotopic (exact) mass is 438 g/mol. The number of amidine groups is 1. The number of fused-ring (bicyclic) bond motifs is 1. The molecule has 0 fully saturated rings. The number of nitrogens with zero attached hydrogens (tertiary/aromatic N) is 5. The van der Waals surface area contributed by atoms with Crippen LogP contribution in [0.1, 0.15) is 23.1 Å². The summed E-state index contributed by atoms with van der Waals surface area (Å²) in [5.41, 5.74) is 2.62. The molecule has 1 aliphatic rings. The maximum absolute atomic E-state index is 13.9. The Morgan fingerprint density at radius 3 is 2.78 bits per heavy atom. The van der Waals surface area contributed by atoms with Gasteiger partial charge in [0.15, 0.2) is 17.5 Å². The molecule has 1 atom stereocenters. The molecule has 4 heterocycles. The lowest BCUT2D eigenvalue weighted by molar-refractivity contribution is 0.109. The first-order valence-corrected chi connectivity index (χ1v) is 9.92. The van der Waals surface area contributed by atoms with Gasteiger partial charge in [0, 0.05) is 42.7 Å². The Morgan fingerprint density at radius 1 is 1.22 bits per heavy atom. The molecule has 1 aliphatic heterocycles. The summed E-state index contributed by atoms with van der Waals surface area (Å²) >= 11 is 0. The lowest BCUT2D eigenvalue weighted by atomic mass is 10.1. The van der Waals surface area contributed by atoms with E-state index in [9.17, 15) is 8.78 Å². The number of halogens is 2. The summed E-state index contributed by atoms with van der Waals surface area (Å²) in [5, 5.41) is 8.01. The van der Waals surface area contributed by atoms with Gasteiger partial charge in [0.25, 0.3) is 0 Å². The number of benzene rings is 1. The summed E-state index contributed by atoms with van der Waals surface area (Å²) in [6.07, 6.45) is 5.35. The van der Waals surface area contributed by atoms with Crippen molar-refractivity contribution in [2.24, 2.45) is 12.2 Å². The van der Waals surface area contributed by atoms with Crippen LogP contribution in [0.15, 0.2) is 48.0 Å². The van der Waals surface area contributed by atoms with Gasteiger partial charge in [-0.1, -0.05) is 5.16 Å². The number of nitrogens with one attached hydrogen (secondary N) is 1. The Bertz CT molecular complexity index is 1360. The van der Waals surface area contributed by atoms with Crippen LogP contribution in [-0.2, 0) is 11.9 Å². The molecule has 10 heteroatoms. The lowest BCUT2D eigenvalue weighted by Crippen LogP contribution is -2.36. The fraction of sp³-hybridized carbons (Fsp3) is 0.227. The van der Waals surface area contributed by atoms with Crippen molar-refractivity contribution >= 4 is 16.7 Å². The minimum atomic E-state index is -0.896. The summed E-state index contributed by atoms with van der Waals surface area (Å²) in [5.74, 6) is -0.169. The largest absolute Gasteiger partial charge is 0.479 e. The molecule has 3 aromatic heterocycles. The van der Waals surface area contributed by atoms with Gasteiger partial charge in [-0.2, -0.15) is 0 Å². The molecule has 0 radical (unpaired) electrons. The Labute approximate surface area is 182 Å². The van der Waals surface area contributed by atoms with Crippen LogP contribution in [0.2, 0.25) is 0 Å². The molecule has 1 N–H and O–H groups in total. The summed E-state index contributed by atoms with van der Waals surface area (Å²) in [4.78, 5) is 14.3. The van der Waals surface area contributed by atoms with Gasteiger partial charge >= 0.3 is 0 Å². The first-order valence-electron chi connectivity index (χ1n) is 9.92. The quantitative estimate of drug-likeness (QED) is 0.529. The first kappa shape index (κ1) is 20.0. The van der Waals surface area contributed by atoms with Crippen LogP contribution in [-0.4, -0.2) is 38.7 Å². The minimum Gasteiger partial charge on any atom is -0.479 e. The van der Waals surface area contributed by atoms with Crippen molar-refractivity contribution in [3.63, 3.8) is 0 Å². The molecule has 164 valence electrons. The van der Waals surface area contributed by atoms with Crippen molar-refractivity contribution in [1.29, 1.82) is 0 Å². The maximum Gasteiger partial charge on any atom is 0.238 e. The third-order valence-corrected chi connectivity index (χ3v) is 5.51. The Balaban J connectivity index is 1.49. The summed E-state index contributed by atoms with van der Waals surface area (Å²) in [6.45, 7) is 2.11. The fourth-order valence-electron chi connectivity index (χ4n) is 3.91. The number of hydrogen-bond acceptors (Lipinski definition) is 6. The van der Waals surface area contributed by atoms with E-state index in [1.165, 1.54) is 12.1 Å². The number of pyridine rings is 1. The Morgan fingerprint density at radius 2 is 2.03 bits per heavy atom. The van der Waals surface area contributed by atoms with Crippen LogP contribution in [0.3, 0.4) is 0 Å². The van der Waals surface area contributed by atoms with Crippen molar-refractivity contribution in [3.8, 4) is 11.6 Å². The van der Waals surface area contributed by atoms with E-state index in [1.807, 2.05) is 30.0 Å². The van der Waals surface area contributed by atoms with Gasteiger partial charge in [-0.05, 0) is 25.1 Å². The van der Waals surface area contributed by atoms with Crippen molar-refractivity contribution in [3.05, 3.63) is 71.6 Å². The summed E-state index contributed by atoms with van der Waals surface area (Å²) in [7, 11) is 3.33. The van der Waals surface area contributed by atoms with Gasteiger partial charge in [-0.3, -0.25) is 4.57 Å². The molecule has 0 spiro atoms. The number of ether oxygens (including phenoxy) is 1. The standard InChI is InChI=1S/C22H20F2N6O2/c1-12-25-6-7-30(12)19-5-4-17(27-22(19)31-3)21-26-18(11-32-28-21)14-10-29(2)20-9-16(24)15(23)8-13(14)20/h4-10,18H,11H2,1-3H3,(H,26,28). The molecule has 1 aromatic carbocycles. The van der Waals surface area contributed by atoms with Crippen molar-refractivity contribution in [2.75, 3.05) is 13.7 Å². The molecule has 1 unspecified atom stereocenters. The third-order valence-electron chi connectivity index (χ3n) is 5.51. The predicted octanol–water partition coefficient (Wildman–Crippen LogP) is 3.38. The van der Waals surface area contributed by atoms with E-state index < -0.39 is 11.6 Å². The summed E-state index contributed by atoms with van der Waals surface area (Å²) < 4.78 is 36.8. The van der Waals surface area contributed by atoms with E-state index >= 15 is 0 Å². The SMILES string of the molecule is COc1nc(C2=NOCC(c3cn(C)c4cc(F)c(F)cc34)N2)ccc1-n1ccnc1C. The van der Waals surface area contributed by atoms with E-state index in [0.29, 0.717) is 28.3 Å². The lowest BCUT2D eigenvalue weighted by Gasteiger charge is -2.24. The molecular weight excluding hydrogens is 418 g/mol. The highest BCUT2D eigenvalue weighted by molar-refractivity contribution is 5.98. The molecule has 8 nitrogen and oxygen atoms in total. The van der Waals surface area contributed by atoms with Gasteiger partial charge in [-0.25, -0.2) is 18.7 Å². The molecule has 5 rings (SSSR count). The first-order chi connectivity index (χ1) is 15.5. The van der Waals surface area contributed by atoms with E-state index in [-0.39, 0.29) is 12.6 Å². The second-order valence-electron chi connectivity index (χ2n) is 7.48. The number of methoxy groups -OCH3 is 1. The van der Waals surface area contributed by atoms with E-state index in [2.05, 4.69) is 20.4 Å². The highest BCUT2D eigenvalue weighted by Gasteiger charge is 2.25. The smallest absolute Gasteiger partial charge is 0.238 e. The Kier molecular flexibility index (Phi) is 4.76. The predicted molar refractivity (Wildman–Crippen MR) is 114 cm³/mol. The topological polar surface area (TPSA) is 78.5 Å². The number of hydrogen-bond donors (Lipinski definition) is 1. The van der Waals surface area contributed by atoms with Crippen LogP contribution in [0.25, 0.3) is 16.6 Å². The molecule has 0 saturated heterocycles. The minimum absolute atomic E-state index is 0.227. The zero-order valence-corrected chi connectivity index (χ0v) is 17.6. The van der Waals surface area contributed by atoms with Crippen LogP contribution < -0.4 is 10.1 Å². The van der Waals surface area contributed by atoms with Crippen molar-refractivity contribution in [2.45, 2.75) is 13.0 Å². The molecule has 4 aromatic rings. The normalized spacial score (nSPS) is 15.9. The molecule has 0 aliphatic carbocycles. The second-order valence-corrected chi connectivity index (χ2v) is 7.48. The van der Waals surface area contributed by atoms with E-state index in [0.717, 1.165) is 17.1 Å². The number of aryl methyl sites for hydroxylation is 2. The summed E-state index contributed by atoms with van der Waals surface area (Å²) in [6, 6.07) is 5.72. The zero-order chi connectivity index (χ0) is 22.4. The number of imidazole rings is 1. The number of rotatable bonds is 4. The van der Waals surface area contributed by atoms with Gasteiger partial charge in [0.05, 0.1) is 18.7 Å². The third kappa shape index (κ3) is 3.24. The van der Waals surface area contributed by atoms with Crippen LogP contribution in [0, 0.1) is 18.6 Å². The van der Waals surface area contributed by atoms with Crippen LogP contribution >= 0.6 is 0 Å². The van der Waals surface area contributed by atoms with E-state index in [4.69, 9.17) is 9.57 Å². The van der Waals surface area contributed by atoms with Gasteiger partial charge in [-0.15, -0.1) is 0 Å². The average Bonchev–Trinajstić information content (AvgIpc) is 3.37. The van der Waals surface area contributed by atoms with Gasteiger partial charge < -0.3 is 19.5 Å². The molecular formula is C22H20F2N6O2. The van der Waals surface area contributed by atoms with Crippen LogP contribution in [0.4, 0.5) is 8.78 Å². The molecule has 0 bridgehead atoms. The average molecular weight is 438 g/mol. The zero-order valence-electron chi connectivity index (χ0n) is 17.6. The molecule has 0 amide bonds. The van der Waals surface area contributed by atoms with Gasteiger partial charge in [0.2, 0.25) is 5.88 Å². The van der Waals surface area contributed by atoms with Crippen molar-refractivity contribution < 1.29 is 18.4 Å². The van der Waals surface area contributed by atoms with Crippen molar-refractivity contribution in [1.82, 2.24) is 24.4 Å². The maximum atomic E-state index is 13.9. The van der Waals surface area contributed by atoms with Gasteiger partial charge in [0.1, 0.15) is 23.8 Å². The molecule has 0 saturated carbocycles. The van der Waals surface area contributed by atoms with E-state index in [1.54, 1.807) is 31.0 Å². The second kappa shape index (κ2) is 7.63. The molecule has 32 heavy (non-hydrogen) atoms. The highest BCUT2D eigenvalue weighted by atomic mass is 19.2. The fourth-order valence-corrected chi connectivity index (χ4v) is 3.91. The van der Waals surface area contributed by atoms with Crippen LogP contribution in [0.5, 0.6) is 5.88 Å². The number of oxime groups is 1.